The maximum absolute atomic E-state index is 11.8. The summed E-state index contributed by atoms with van der Waals surface area (Å²) in [4.78, 5) is 23.2. The monoisotopic (exact) mass is 323 g/mol. The SMILES string of the molecule is Cc1c(C)c2ccc(O[C@@H](C(=O)[O-])c3ccccc3)cc2oc1=O. The first-order chi connectivity index (χ1) is 11.5. The lowest BCUT2D eigenvalue weighted by atomic mass is 10.1. The number of hydrogen-bond donors (Lipinski definition) is 0. The zero-order valence-electron chi connectivity index (χ0n) is 13.2. The second kappa shape index (κ2) is 6.20. The molecule has 3 rings (SSSR count). The van der Waals surface area contributed by atoms with E-state index in [1.165, 1.54) is 6.07 Å². The van der Waals surface area contributed by atoms with Crippen LogP contribution in [-0.2, 0) is 4.79 Å². The van der Waals surface area contributed by atoms with E-state index in [1.54, 1.807) is 49.4 Å². The third-order valence-electron chi connectivity index (χ3n) is 4.00. The Bertz CT molecular complexity index is 957. The Morgan fingerprint density at radius 2 is 1.79 bits per heavy atom. The van der Waals surface area contributed by atoms with Crippen molar-refractivity contribution in [1.82, 2.24) is 0 Å². The van der Waals surface area contributed by atoms with Crippen molar-refractivity contribution in [2.75, 3.05) is 0 Å². The molecule has 0 saturated carbocycles. The summed E-state index contributed by atoms with van der Waals surface area (Å²) >= 11 is 0. The summed E-state index contributed by atoms with van der Waals surface area (Å²) in [6, 6.07) is 13.4. The molecule has 5 heteroatoms. The fourth-order valence-electron chi connectivity index (χ4n) is 2.52. The van der Waals surface area contributed by atoms with Crippen molar-refractivity contribution in [3.8, 4) is 5.75 Å². The smallest absolute Gasteiger partial charge is 0.339 e. The number of hydrogen-bond acceptors (Lipinski definition) is 5. The molecule has 1 heterocycles. The van der Waals surface area contributed by atoms with Crippen molar-refractivity contribution in [3.63, 3.8) is 0 Å². The molecular weight excluding hydrogens is 308 g/mol. The van der Waals surface area contributed by atoms with Crippen molar-refractivity contribution in [2.45, 2.75) is 20.0 Å². The highest BCUT2D eigenvalue weighted by atomic mass is 16.5. The third kappa shape index (κ3) is 2.88. The second-order valence-electron chi connectivity index (χ2n) is 5.53. The fourth-order valence-corrected chi connectivity index (χ4v) is 2.52. The van der Waals surface area contributed by atoms with E-state index in [0.29, 0.717) is 16.7 Å². The van der Waals surface area contributed by atoms with E-state index in [1.807, 2.05) is 6.92 Å². The minimum absolute atomic E-state index is 0.284. The van der Waals surface area contributed by atoms with Gasteiger partial charge in [0.1, 0.15) is 11.3 Å². The Labute approximate surface area is 138 Å². The van der Waals surface area contributed by atoms with Crippen LogP contribution in [-0.4, -0.2) is 5.97 Å². The molecule has 3 aromatic rings. The van der Waals surface area contributed by atoms with Gasteiger partial charge in [-0.2, -0.15) is 0 Å². The van der Waals surface area contributed by atoms with Gasteiger partial charge in [-0.15, -0.1) is 0 Å². The number of benzene rings is 2. The van der Waals surface area contributed by atoms with Crippen LogP contribution in [0.1, 0.15) is 22.8 Å². The molecule has 1 atom stereocenters. The molecule has 0 saturated heterocycles. The highest BCUT2D eigenvalue weighted by molar-refractivity contribution is 5.82. The van der Waals surface area contributed by atoms with Crippen LogP contribution in [0.25, 0.3) is 11.0 Å². The van der Waals surface area contributed by atoms with Crippen LogP contribution in [0.4, 0.5) is 0 Å². The first kappa shape index (κ1) is 15.8. The van der Waals surface area contributed by atoms with Crippen LogP contribution < -0.4 is 15.5 Å². The minimum Gasteiger partial charge on any atom is -0.546 e. The van der Waals surface area contributed by atoms with Crippen LogP contribution in [0.2, 0.25) is 0 Å². The third-order valence-corrected chi connectivity index (χ3v) is 4.00. The molecule has 0 aliphatic rings. The predicted molar refractivity (Wildman–Crippen MR) is 86.8 cm³/mol. The number of carbonyl (C=O) groups is 1. The lowest BCUT2D eigenvalue weighted by Crippen LogP contribution is -2.33. The van der Waals surface area contributed by atoms with Gasteiger partial charge in [0.05, 0.1) is 5.97 Å². The Kier molecular flexibility index (Phi) is 4.08. The van der Waals surface area contributed by atoms with E-state index < -0.39 is 17.7 Å². The van der Waals surface area contributed by atoms with Gasteiger partial charge in [-0.25, -0.2) is 4.79 Å². The molecule has 0 N–H and O–H groups in total. The number of ether oxygens (including phenoxy) is 1. The fraction of sp³-hybridized carbons (Fsp3) is 0.158. The first-order valence-electron chi connectivity index (χ1n) is 7.44. The van der Waals surface area contributed by atoms with Gasteiger partial charge in [0, 0.05) is 17.0 Å². The van der Waals surface area contributed by atoms with Gasteiger partial charge in [-0.1, -0.05) is 30.3 Å². The Morgan fingerprint density at radius 1 is 1.08 bits per heavy atom. The van der Waals surface area contributed by atoms with Gasteiger partial charge >= 0.3 is 5.63 Å². The molecule has 2 aromatic carbocycles. The molecule has 1 aromatic heterocycles. The van der Waals surface area contributed by atoms with E-state index in [9.17, 15) is 14.7 Å². The van der Waals surface area contributed by atoms with Crippen LogP contribution in [0.15, 0.2) is 57.7 Å². The number of aliphatic carboxylic acids is 1. The van der Waals surface area contributed by atoms with Crippen molar-refractivity contribution < 1.29 is 19.1 Å². The molecular formula is C19H15O5-. The van der Waals surface area contributed by atoms with Crippen LogP contribution in [0.5, 0.6) is 5.75 Å². The van der Waals surface area contributed by atoms with Gasteiger partial charge in [0.25, 0.3) is 0 Å². The van der Waals surface area contributed by atoms with Gasteiger partial charge in [0.15, 0.2) is 6.10 Å². The standard InChI is InChI=1S/C19H16O5/c1-11-12(2)19(22)24-16-10-14(8-9-15(11)16)23-17(18(20)21)13-6-4-3-5-7-13/h3-10,17H,1-2H3,(H,20,21)/p-1/t17-/m1/s1. The zero-order valence-corrected chi connectivity index (χ0v) is 13.2. The molecule has 0 radical (unpaired) electrons. The van der Waals surface area contributed by atoms with Gasteiger partial charge in [-0.3, -0.25) is 0 Å². The average Bonchev–Trinajstić information content (AvgIpc) is 2.58. The predicted octanol–water partition coefficient (Wildman–Crippen LogP) is 2.28. The van der Waals surface area contributed by atoms with Crippen molar-refractivity contribution >= 4 is 16.9 Å². The summed E-state index contributed by atoms with van der Waals surface area (Å²) in [6.07, 6.45) is -1.25. The first-order valence-corrected chi connectivity index (χ1v) is 7.44. The average molecular weight is 323 g/mol. The van der Waals surface area contributed by atoms with E-state index in [0.717, 1.165) is 10.9 Å². The summed E-state index contributed by atoms with van der Waals surface area (Å²) < 4.78 is 10.8. The zero-order chi connectivity index (χ0) is 17.3. The summed E-state index contributed by atoms with van der Waals surface area (Å²) in [6.45, 7) is 3.54. The topological polar surface area (TPSA) is 79.6 Å². The number of carboxylic acid groups (broad SMARTS) is 1. The van der Waals surface area contributed by atoms with Gasteiger partial charge in [0.2, 0.25) is 0 Å². The Morgan fingerprint density at radius 3 is 2.46 bits per heavy atom. The maximum atomic E-state index is 11.8. The molecule has 0 fully saturated rings. The Hall–Kier alpha value is -3.08. The van der Waals surface area contributed by atoms with Crippen molar-refractivity contribution in [3.05, 3.63) is 75.6 Å². The normalized spacial score (nSPS) is 12.1. The quantitative estimate of drug-likeness (QED) is 0.688. The molecule has 0 aliphatic carbocycles. The molecule has 0 aliphatic heterocycles. The van der Waals surface area contributed by atoms with Crippen molar-refractivity contribution in [1.29, 1.82) is 0 Å². The summed E-state index contributed by atoms with van der Waals surface area (Å²) in [5, 5.41) is 12.2. The molecule has 122 valence electrons. The highest BCUT2D eigenvalue weighted by Gasteiger charge is 2.16. The number of rotatable bonds is 4. The van der Waals surface area contributed by atoms with Crippen LogP contribution >= 0.6 is 0 Å². The van der Waals surface area contributed by atoms with E-state index >= 15 is 0 Å². The molecule has 0 amide bonds. The Balaban J connectivity index is 2.02. The molecule has 0 bridgehead atoms. The van der Waals surface area contributed by atoms with E-state index in [4.69, 9.17) is 9.15 Å². The maximum Gasteiger partial charge on any atom is 0.339 e. The van der Waals surface area contributed by atoms with Gasteiger partial charge in [-0.05, 0) is 37.1 Å². The van der Waals surface area contributed by atoms with Crippen LogP contribution in [0, 0.1) is 13.8 Å². The highest BCUT2D eigenvalue weighted by Crippen LogP contribution is 2.27. The summed E-state index contributed by atoms with van der Waals surface area (Å²) in [7, 11) is 0. The van der Waals surface area contributed by atoms with Gasteiger partial charge < -0.3 is 19.1 Å². The molecule has 5 nitrogen and oxygen atoms in total. The molecule has 0 spiro atoms. The number of carboxylic acids is 1. The second-order valence-corrected chi connectivity index (χ2v) is 5.53. The summed E-state index contributed by atoms with van der Waals surface area (Å²) in [5.41, 5.74) is 1.78. The molecule has 24 heavy (non-hydrogen) atoms. The van der Waals surface area contributed by atoms with Crippen LogP contribution in [0.3, 0.4) is 0 Å². The van der Waals surface area contributed by atoms with E-state index in [2.05, 4.69) is 0 Å². The number of fused-ring (bicyclic) bond motifs is 1. The lowest BCUT2D eigenvalue weighted by Gasteiger charge is -2.20. The number of carbonyl (C=O) groups excluding carboxylic acids is 1. The number of aryl methyl sites for hydroxylation is 1. The summed E-state index contributed by atoms with van der Waals surface area (Å²) in [5.74, 6) is -1.06. The van der Waals surface area contributed by atoms with Crippen molar-refractivity contribution in [2.24, 2.45) is 0 Å². The minimum atomic E-state index is -1.34. The van der Waals surface area contributed by atoms with E-state index in [-0.39, 0.29) is 5.75 Å². The largest absolute Gasteiger partial charge is 0.546 e. The lowest BCUT2D eigenvalue weighted by molar-refractivity contribution is -0.314. The molecule has 0 unspecified atom stereocenters.